The molecule has 2 atom stereocenters. The number of nitrogens with one attached hydrogen (secondary N) is 1. The zero-order valence-electron chi connectivity index (χ0n) is 8.95. The quantitative estimate of drug-likeness (QED) is 0.535. The number of aliphatic hydroxyl groups is 1. The van der Waals surface area contributed by atoms with Gasteiger partial charge in [0.1, 0.15) is 6.61 Å². The summed E-state index contributed by atoms with van der Waals surface area (Å²) in [7, 11) is 0. The van der Waals surface area contributed by atoms with Crippen LogP contribution >= 0.6 is 0 Å². The van der Waals surface area contributed by atoms with Crippen LogP contribution in [0, 0.1) is 0 Å². The summed E-state index contributed by atoms with van der Waals surface area (Å²) in [4.78, 5) is 11.3. The van der Waals surface area contributed by atoms with Gasteiger partial charge in [-0.15, -0.1) is 0 Å². The summed E-state index contributed by atoms with van der Waals surface area (Å²) in [6, 6.07) is -0.104. The normalized spacial score (nSPS) is 26.3. The molecule has 0 radical (unpaired) electrons. The monoisotopic (exact) mass is 216 g/mol. The third-order valence-electron chi connectivity index (χ3n) is 2.57. The van der Waals surface area contributed by atoms with E-state index in [1.54, 1.807) is 0 Å². The highest BCUT2D eigenvalue weighted by molar-refractivity contribution is 5.77. The summed E-state index contributed by atoms with van der Waals surface area (Å²) in [5.74, 6) is -0.172. The van der Waals surface area contributed by atoms with Gasteiger partial charge in [-0.3, -0.25) is 4.79 Å². The molecule has 0 spiro atoms. The van der Waals surface area contributed by atoms with Crippen molar-refractivity contribution in [3.8, 4) is 0 Å². The summed E-state index contributed by atoms with van der Waals surface area (Å²) >= 11 is 0. The van der Waals surface area contributed by atoms with Gasteiger partial charge in [-0.1, -0.05) is 12.8 Å². The van der Waals surface area contributed by atoms with Crippen molar-refractivity contribution < 1.29 is 14.6 Å². The summed E-state index contributed by atoms with van der Waals surface area (Å²) in [6.45, 7) is 0.834. The molecule has 1 fully saturated rings. The van der Waals surface area contributed by atoms with E-state index < -0.39 is 6.10 Å². The highest BCUT2D eigenvalue weighted by atomic mass is 16.5. The predicted octanol–water partition coefficient (Wildman–Crippen LogP) is -0.619. The Morgan fingerprint density at radius 3 is 2.87 bits per heavy atom. The Kier molecular flexibility index (Phi) is 5.60. The van der Waals surface area contributed by atoms with E-state index in [1.165, 1.54) is 0 Å². The first kappa shape index (κ1) is 12.4. The van der Waals surface area contributed by atoms with Crippen molar-refractivity contribution in [1.29, 1.82) is 0 Å². The SMILES string of the molecule is NCCOCC(=O)N[C@@H]1CCCC[C@H]1O. The third kappa shape index (κ3) is 4.59. The summed E-state index contributed by atoms with van der Waals surface area (Å²) < 4.78 is 5.00. The van der Waals surface area contributed by atoms with Crippen molar-refractivity contribution in [2.24, 2.45) is 5.73 Å². The van der Waals surface area contributed by atoms with Crippen LogP contribution in [0.25, 0.3) is 0 Å². The Bertz CT molecular complexity index is 199. The summed E-state index contributed by atoms with van der Waals surface area (Å²) in [5, 5.41) is 12.4. The lowest BCUT2D eigenvalue weighted by atomic mass is 9.92. The van der Waals surface area contributed by atoms with Crippen molar-refractivity contribution in [2.45, 2.75) is 37.8 Å². The number of nitrogens with two attached hydrogens (primary N) is 1. The maximum Gasteiger partial charge on any atom is 0.246 e. The molecule has 0 heterocycles. The van der Waals surface area contributed by atoms with E-state index >= 15 is 0 Å². The Labute approximate surface area is 90.0 Å². The number of aliphatic hydroxyl groups excluding tert-OH is 1. The number of ether oxygens (including phenoxy) is 1. The van der Waals surface area contributed by atoms with Crippen molar-refractivity contribution in [3.05, 3.63) is 0 Å². The molecule has 0 saturated heterocycles. The smallest absolute Gasteiger partial charge is 0.246 e. The first-order valence-electron chi connectivity index (χ1n) is 5.49. The second kappa shape index (κ2) is 6.76. The Hall–Kier alpha value is -0.650. The Morgan fingerprint density at radius 1 is 1.47 bits per heavy atom. The van der Waals surface area contributed by atoms with Crippen molar-refractivity contribution in [1.82, 2.24) is 5.32 Å². The average molecular weight is 216 g/mol. The minimum absolute atomic E-state index is 0.0282. The Morgan fingerprint density at radius 2 is 2.20 bits per heavy atom. The van der Waals surface area contributed by atoms with Gasteiger partial charge in [0.05, 0.1) is 18.8 Å². The van der Waals surface area contributed by atoms with Gasteiger partial charge in [0.15, 0.2) is 0 Å². The van der Waals surface area contributed by atoms with Crippen LogP contribution in [0.2, 0.25) is 0 Å². The second-order valence-electron chi connectivity index (χ2n) is 3.87. The molecular weight excluding hydrogens is 196 g/mol. The molecule has 1 saturated carbocycles. The van der Waals surface area contributed by atoms with Gasteiger partial charge in [0, 0.05) is 6.54 Å². The number of amides is 1. The van der Waals surface area contributed by atoms with Gasteiger partial charge in [-0.05, 0) is 12.8 Å². The third-order valence-corrected chi connectivity index (χ3v) is 2.57. The zero-order valence-corrected chi connectivity index (χ0v) is 8.95. The topological polar surface area (TPSA) is 84.6 Å². The molecule has 15 heavy (non-hydrogen) atoms. The lowest BCUT2D eigenvalue weighted by Gasteiger charge is -2.28. The van der Waals surface area contributed by atoms with E-state index in [0.29, 0.717) is 13.2 Å². The van der Waals surface area contributed by atoms with Crippen LogP contribution in [-0.2, 0) is 9.53 Å². The molecule has 0 aliphatic heterocycles. The molecule has 88 valence electrons. The van der Waals surface area contributed by atoms with Crippen LogP contribution in [0.15, 0.2) is 0 Å². The van der Waals surface area contributed by atoms with Gasteiger partial charge in [-0.25, -0.2) is 0 Å². The summed E-state index contributed by atoms with van der Waals surface area (Å²) in [5.41, 5.74) is 5.22. The van der Waals surface area contributed by atoms with Gasteiger partial charge in [0.2, 0.25) is 5.91 Å². The zero-order chi connectivity index (χ0) is 11.1. The number of rotatable bonds is 5. The summed E-state index contributed by atoms with van der Waals surface area (Å²) in [6.07, 6.45) is 3.32. The van der Waals surface area contributed by atoms with Crippen LogP contribution < -0.4 is 11.1 Å². The molecule has 4 N–H and O–H groups in total. The van der Waals surface area contributed by atoms with E-state index in [2.05, 4.69) is 5.32 Å². The van der Waals surface area contributed by atoms with E-state index in [1.807, 2.05) is 0 Å². The molecule has 1 amide bonds. The van der Waals surface area contributed by atoms with Crippen LogP contribution in [0.4, 0.5) is 0 Å². The van der Waals surface area contributed by atoms with E-state index in [0.717, 1.165) is 25.7 Å². The van der Waals surface area contributed by atoms with E-state index in [4.69, 9.17) is 10.5 Å². The second-order valence-corrected chi connectivity index (χ2v) is 3.87. The first-order valence-corrected chi connectivity index (χ1v) is 5.49. The van der Waals surface area contributed by atoms with Gasteiger partial charge in [0.25, 0.3) is 0 Å². The molecule has 0 bridgehead atoms. The average Bonchev–Trinajstić information content (AvgIpc) is 2.22. The number of hydrogen-bond donors (Lipinski definition) is 3. The number of hydrogen-bond acceptors (Lipinski definition) is 4. The number of carbonyl (C=O) groups excluding carboxylic acids is 1. The first-order chi connectivity index (χ1) is 7.24. The molecule has 1 aliphatic carbocycles. The van der Waals surface area contributed by atoms with Gasteiger partial charge in [-0.2, -0.15) is 0 Å². The van der Waals surface area contributed by atoms with Crippen LogP contribution in [0.1, 0.15) is 25.7 Å². The molecule has 5 nitrogen and oxygen atoms in total. The minimum atomic E-state index is -0.405. The maximum atomic E-state index is 11.3. The largest absolute Gasteiger partial charge is 0.391 e. The fraction of sp³-hybridized carbons (Fsp3) is 0.900. The van der Waals surface area contributed by atoms with Crippen molar-refractivity contribution in [3.63, 3.8) is 0 Å². The van der Waals surface area contributed by atoms with Gasteiger partial charge < -0.3 is 20.9 Å². The molecule has 0 aromatic heterocycles. The van der Waals surface area contributed by atoms with Crippen LogP contribution in [0.3, 0.4) is 0 Å². The maximum absolute atomic E-state index is 11.3. The van der Waals surface area contributed by atoms with Crippen molar-refractivity contribution in [2.75, 3.05) is 19.8 Å². The Balaban J connectivity index is 2.18. The molecule has 1 aliphatic rings. The highest BCUT2D eigenvalue weighted by Crippen LogP contribution is 2.18. The molecule has 0 aromatic rings. The van der Waals surface area contributed by atoms with Gasteiger partial charge >= 0.3 is 0 Å². The minimum Gasteiger partial charge on any atom is -0.391 e. The molecular formula is C10H20N2O3. The lowest BCUT2D eigenvalue weighted by Crippen LogP contribution is -2.46. The molecule has 5 heteroatoms. The van der Waals surface area contributed by atoms with E-state index in [9.17, 15) is 9.90 Å². The van der Waals surface area contributed by atoms with Crippen LogP contribution in [0.5, 0.6) is 0 Å². The number of carbonyl (C=O) groups is 1. The molecule has 0 unspecified atom stereocenters. The fourth-order valence-electron chi connectivity index (χ4n) is 1.78. The highest BCUT2D eigenvalue weighted by Gasteiger charge is 2.24. The van der Waals surface area contributed by atoms with Crippen LogP contribution in [-0.4, -0.2) is 42.9 Å². The predicted molar refractivity (Wildman–Crippen MR) is 56.3 cm³/mol. The fourth-order valence-corrected chi connectivity index (χ4v) is 1.78. The standard InChI is InChI=1S/C10H20N2O3/c11-5-6-15-7-10(14)12-8-3-1-2-4-9(8)13/h8-9,13H,1-7,11H2,(H,12,14)/t8-,9-/m1/s1. The van der Waals surface area contributed by atoms with Crippen molar-refractivity contribution >= 4 is 5.91 Å². The molecule has 0 aromatic carbocycles. The van der Waals surface area contributed by atoms with E-state index in [-0.39, 0.29) is 18.6 Å². The molecule has 1 rings (SSSR count). The lowest BCUT2D eigenvalue weighted by molar-refractivity contribution is -0.127.